The zero-order valence-corrected chi connectivity index (χ0v) is 21.6. The van der Waals surface area contributed by atoms with Crippen LogP contribution in [0.4, 0.5) is 8.78 Å². The number of rotatable bonds is 11. The molecule has 5 nitrogen and oxygen atoms in total. The van der Waals surface area contributed by atoms with Gasteiger partial charge in [-0.2, -0.15) is 0 Å². The molecule has 0 aromatic heterocycles. The van der Waals surface area contributed by atoms with Gasteiger partial charge < -0.3 is 14.2 Å². The Morgan fingerprint density at radius 3 is 2.34 bits per heavy atom. The summed E-state index contributed by atoms with van der Waals surface area (Å²) in [7, 11) is 1.49. The van der Waals surface area contributed by atoms with E-state index in [1.165, 1.54) is 26.2 Å². The molecule has 1 heterocycles. The van der Waals surface area contributed by atoms with Crippen molar-refractivity contribution in [3.8, 4) is 17.2 Å². The van der Waals surface area contributed by atoms with E-state index in [-0.39, 0.29) is 17.5 Å². The Labute approximate surface area is 211 Å². The van der Waals surface area contributed by atoms with Crippen LogP contribution in [0.1, 0.15) is 60.5 Å². The van der Waals surface area contributed by atoms with Crippen molar-refractivity contribution in [3.63, 3.8) is 0 Å². The molecule has 0 amide bonds. The van der Waals surface area contributed by atoms with Crippen molar-refractivity contribution in [2.75, 3.05) is 40.0 Å². The summed E-state index contributed by atoms with van der Waals surface area (Å²) in [5, 5.41) is 0.302. The minimum absolute atomic E-state index is 0.123. The predicted molar refractivity (Wildman–Crippen MR) is 134 cm³/mol. The lowest BCUT2D eigenvalue weighted by molar-refractivity contribution is 0.100. The lowest BCUT2D eigenvalue weighted by Gasteiger charge is -2.28. The highest BCUT2D eigenvalue weighted by atomic mass is 35.5. The zero-order chi connectivity index (χ0) is 25.5. The first-order valence-corrected chi connectivity index (χ1v) is 12.4. The molecule has 35 heavy (non-hydrogen) atoms. The largest absolute Gasteiger partial charge is 0.491 e. The average molecular weight is 510 g/mol. The monoisotopic (exact) mass is 509 g/mol. The lowest BCUT2D eigenvalue weighted by atomic mass is 9.98. The Kier molecular flexibility index (Phi) is 9.75. The zero-order valence-electron chi connectivity index (χ0n) is 20.8. The number of likely N-dealkylation sites (tertiary alicyclic amines) is 1. The maximum atomic E-state index is 13.5. The van der Waals surface area contributed by atoms with Gasteiger partial charge in [0.2, 0.25) is 5.75 Å². The molecule has 0 bridgehead atoms. The molecule has 2 aromatic rings. The van der Waals surface area contributed by atoms with Crippen molar-refractivity contribution in [2.45, 2.75) is 52.1 Å². The van der Waals surface area contributed by atoms with Crippen LogP contribution < -0.4 is 14.2 Å². The molecular formula is C27H34ClF2NO4. The lowest BCUT2D eigenvalue weighted by Crippen LogP contribution is -2.37. The van der Waals surface area contributed by atoms with Crippen molar-refractivity contribution in [3.05, 3.63) is 51.8 Å². The van der Waals surface area contributed by atoms with Gasteiger partial charge in [-0.1, -0.05) is 30.7 Å². The molecule has 1 fully saturated rings. The molecule has 0 saturated carbocycles. The van der Waals surface area contributed by atoms with E-state index in [0.29, 0.717) is 85.5 Å². The number of hydrogen-bond donors (Lipinski definition) is 0. The van der Waals surface area contributed by atoms with E-state index in [1.54, 1.807) is 19.1 Å². The molecular weight excluding hydrogens is 476 g/mol. The number of nitrogens with zero attached hydrogens (tertiary/aromatic N) is 1. The van der Waals surface area contributed by atoms with Crippen molar-refractivity contribution >= 4 is 17.4 Å². The topological polar surface area (TPSA) is 48.0 Å². The highest BCUT2D eigenvalue weighted by Gasteiger charge is 2.27. The molecule has 0 spiro atoms. The normalized spacial score (nSPS) is 15.6. The molecule has 8 heteroatoms. The number of ether oxygens (including phenoxy) is 3. The van der Waals surface area contributed by atoms with Crippen LogP contribution in [0.5, 0.6) is 17.2 Å². The van der Waals surface area contributed by atoms with Gasteiger partial charge >= 0.3 is 0 Å². The van der Waals surface area contributed by atoms with Gasteiger partial charge in [-0.3, -0.25) is 9.69 Å². The van der Waals surface area contributed by atoms with E-state index in [0.717, 1.165) is 5.56 Å². The van der Waals surface area contributed by atoms with E-state index < -0.39 is 6.17 Å². The fourth-order valence-electron chi connectivity index (χ4n) is 4.34. The first-order valence-electron chi connectivity index (χ1n) is 12.0. The summed E-state index contributed by atoms with van der Waals surface area (Å²) in [5.41, 5.74) is 1.93. The first-order chi connectivity index (χ1) is 16.7. The van der Waals surface area contributed by atoms with Crippen molar-refractivity contribution in [1.82, 2.24) is 4.90 Å². The molecule has 2 aromatic carbocycles. The van der Waals surface area contributed by atoms with Crippen LogP contribution in [-0.2, 0) is 0 Å². The van der Waals surface area contributed by atoms with Gasteiger partial charge in [0.1, 0.15) is 18.6 Å². The van der Waals surface area contributed by atoms with Crippen LogP contribution in [0.25, 0.3) is 0 Å². The molecule has 0 N–H and O–H groups in total. The maximum Gasteiger partial charge on any atom is 0.205 e. The second-order valence-corrected chi connectivity index (χ2v) is 9.39. The maximum absolute atomic E-state index is 13.5. The number of carbonyl (C=O) groups excluding carboxylic acids is 1. The number of ketones is 1. The van der Waals surface area contributed by atoms with Gasteiger partial charge in [-0.15, -0.1) is 0 Å². The van der Waals surface area contributed by atoms with Crippen LogP contribution in [0.3, 0.4) is 0 Å². The minimum atomic E-state index is -0.739. The van der Waals surface area contributed by atoms with Gasteiger partial charge in [-0.05, 0) is 62.3 Å². The predicted octanol–water partition coefficient (Wildman–Crippen LogP) is 6.38. The number of carbonyl (C=O) groups is 1. The van der Waals surface area contributed by atoms with Gasteiger partial charge in [-0.25, -0.2) is 8.78 Å². The van der Waals surface area contributed by atoms with Crippen molar-refractivity contribution < 1.29 is 27.8 Å². The quantitative estimate of drug-likeness (QED) is 0.329. The second-order valence-electron chi connectivity index (χ2n) is 9.02. The molecule has 1 saturated heterocycles. The molecule has 1 aliphatic heterocycles. The number of piperidine rings is 1. The molecule has 0 aliphatic carbocycles. The standard InChI is InChI=1S/C27H34ClF2NO4/c1-17(20-5-7-21(29)8-6-20)11-15-34-27-25(35-16-14-31-12-9-22(30)10-13-31)23(19(3)32)18(2)24(28)26(27)33-4/h5-8,17,22H,9-16H2,1-4H3. The SMILES string of the molecule is COc1c(Cl)c(C)c(C(C)=O)c(OCCN2CCC(F)CC2)c1OCCC(C)c1ccc(F)cc1. The average Bonchev–Trinajstić information content (AvgIpc) is 2.83. The summed E-state index contributed by atoms with van der Waals surface area (Å²) in [6.45, 7) is 7.83. The number of hydrogen-bond acceptors (Lipinski definition) is 5. The van der Waals surface area contributed by atoms with E-state index in [9.17, 15) is 13.6 Å². The third-order valence-corrected chi connectivity index (χ3v) is 6.96. The van der Waals surface area contributed by atoms with Crippen LogP contribution in [0.2, 0.25) is 5.02 Å². The van der Waals surface area contributed by atoms with E-state index in [1.807, 2.05) is 6.92 Å². The molecule has 1 atom stereocenters. The number of methoxy groups -OCH3 is 1. The molecule has 1 unspecified atom stereocenters. The van der Waals surface area contributed by atoms with Crippen LogP contribution in [-0.4, -0.2) is 56.8 Å². The molecule has 192 valence electrons. The van der Waals surface area contributed by atoms with Gasteiger partial charge in [0.05, 0.1) is 24.3 Å². The summed E-state index contributed by atoms with van der Waals surface area (Å²) < 4.78 is 44.5. The first kappa shape index (κ1) is 27.2. The fraction of sp³-hybridized carbons (Fsp3) is 0.519. The fourth-order valence-corrected chi connectivity index (χ4v) is 4.60. The van der Waals surface area contributed by atoms with Crippen molar-refractivity contribution in [2.24, 2.45) is 0 Å². The number of benzene rings is 2. The van der Waals surface area contributed by atoms with Gasteiger partial charge in [0.15, 0.2) is 17.3 Å². The van der Waals surface area contributed by atoms with Crippen molar-refractivity contribution in [1.29, 1.82) is 0 Å². The Morgan fingerprint density at radius 1 is 1.11 bits per heavy atom. The summed E-state index contributed by atoms with van der Waals surface area (Å²) in [5.74, 6) is 0.580. The highest BCUT2D eigenvalue weighted by Crippen LogP contribution is 2.48. The summed E-state index contributed by atoms with van der Waals surface area (Å²) in [6, 6.07) is 6.40. The smallest absolute Gasteiger partial charge is 0.205 e. The Balaban J connectivity index is 1.79. The van der Waals surface area contributed by atoms with Crippen LogP contribution >= 0.6 is 11.6 Å². The summed E-state index contributed by atoms with van der Waals surface area (Å²) in [6.07, 6.45) is 0.949. The highest BCUT2D eigenvalue weighted by molar-refractivity contribution is 6.34. The molecule has 3 rings (SSSR count). The third kappa shape index (κ3) is 6.85. The van der Waals surface area contributed by atoms with Crippen LogP contribution in [0, 0.1) is 12.7 Å². The molecule has 1 aliphatic rings. The van der Waals surface area contributed by atoms with Crippen LogP contribution in [0.15, 0.2) is 24.3 Å². The van der Waals surface area contributed by atoms with Gasteiger partial charge in [0.25, 0.3) is 0 Å². The Bertz CT molecular complexity index is 1010. The van der Waals surface area contributed by atoms with E-state index in [4.69, 9.17) is 25.8 Å². The number of Topliss-reactive ketones (excluding diaryl/α,β-unsaturated/α-hetero) is 1. The second kappa shape index (κ2) is 12.5. The van der Waals surface area contributed by atoms with Gasteiger partial charge in [0, 0.05) is 19.6 Å². The number of halogens is 3. The Hall–Kier alpha value is -2.38. The van der Waals surface area contributed by atoms with E-state index in [2.05, 4.69) is 4.90 Å². The molecule has 0 radical (unpaired) electrons. The third-order valence-electron chi connectivity index (χ3n) is 6.51. The van der Waals surface area contributed by atoms with E-state index >= 15 is 0 Å². The Morgan fingerprint density at radius 2 is 1.74 bits per heavy atom. The minimum Gasteiger partial charge on any atom is -0.491 e. The summed E-state index contributed by atoms with van der Waals surface area (Å²) >= 11 is 6.55. The summed E-state index contributed by atoms with van der Waals surface area (Å²) in [4.78, 5) is 14.7. The number of alkyl halides is 1.